The summed E-state index contributed by atoms with van der Waals surface area (Å²) < 4.78 is 37.5. The molecule has 1 aromatic heterocycles. The third-order valence-corrected chi connectivity index (χ3v) is 6.99. The number of thiazole rings is 1. The molecule has 2 heterocycles. The lowest BCUT2D eigenvalue weighted by molar-refractivity contribution is -0.384. The first kappa shape index (κ1) is 31.8. The van der Waals surface area contributed by atoms with E-state index in [2.05, 4.69) is 20.3 Å². The van der Waals surface area contributed by atoms with Crippen LogP contribution in [0.3, 0.4) is 0 Å². The maximum atomic E-state index is 13.1. The van der Waals surface area contributed by atoms with Gasteiger partial charge in [0.15, 0.2) is 16.9 Å². The van der Waals surface area contributed by atoms with Crippen molar-refractivity contribution in [1.82, 2.24) is 20.1 Å². The van der Waals surface area contributed by atoms with E-state index in [-0.39, 0.29) is 27.4 Å². The van der Waals surface area contributed by atoms with Gasteiger partial charge in [-0.1, -0.05) is 5.16 Å². The maximum absolute atomic E-state index is 13.1. The van der Waals surface area contributed by atoms with Gasteiger partial charge in [0.2, 0.25) is 5.60 Å². The summed E-state index contributed by atoms with van der Waals surface area (Å²) in [6, 6.07) is 1.51. The molecule has 1 aliphatic rings. The molecule has 226 valence electrons. The normalized spacial score (nSPS) is 17.2. The van der Waals surface area contributed by atoms with Gasteiger partial charge in [-0.2, -0.15) is 12.7 Å². The average Bonchev–Trinajstić information content (AvgIpc) is 3.33. The maximum Gasteiger partial charge on any atom is 0.363 e. The number of oxime groups is 1. The lowest BCUT2D eigenvalue weighted by atomic mass is 9.97. The monoisotopic (exact) mass is 629 g/mol. The number of β-lactam (4-membered cyclic amide) rings is 1. The molecule has 5 N–H and O–H groups in total. The summed E-state index contributed by atoms with van der Waals surface area (Å²) >= 11 is 0.902. The van der Waals surface area contributed by atoms with Crippen LogP contribution >= 0.6 is 11.3 Å². The molecule has 3 amide bonds. The predicted octanol–water partition coefficient (Wildman–Crippen LogP) is -0.948. The summed E-state index contributed by atoms with van der Waals surface area (Å²) in [7, 11) is -4.16. The summed E-state index contributed by atoms with van der Waals surface area (Å²) in [5.74, 6) is -4.68. The van der Waals surface area contributed by atoms with Crippen LogP contribution in [0, 0.1) is 10.1 Å². The number of rotatable bonds is 12. The Morgan fingerprint density at radius 1 is 1.29 bits per heavy atom. The number of esters is 1. The SMILES string of the molecule is CONC(=O)C1C(NC(=O)/C(=N\OC(C)(C)C(=O)OCc2ccc([N+](=O)[O-])cc2)c2csc(N)n2)C(=O)N1S(=O)(=O)O. The number of aromatic nitrogens is 1. The fourth-order valence-electron chi connectivity index (χ4n) is 3.32. The van der Waals surface area contributed by atoms with Crippen molar-refractivity contribution < 1.29 is 51.5 Å². The molecule has 42 heavy (non-hydrogen) atoms. The molecule has 0 aliphatic carbocycles. The van der Waals surface area contributed by atoms with Gasteiger partial charge in [0.1, 0.15) is 18.3 Å². The molecule has 1 aliphatic heterocycles. The van der Waals surface area contributed by atoms with Crippen LogP contribution in [0.4, 0.5) is 10.8 Å². The highest BCUT2D eigenvalue weighted by atomic mass is 32.2. The van der Waals surface area contributed by atoms with Crippen molar-refractivity contribution in [3.05, 3.63) is 51.0 Å². The minimum absolute atomic E-state index is 0.00175. The van der Waals surface area contributed by atoms with Crippen molar-refractivity contribution >= 4 is 61.9 Å². The molecule has 21 heteroatoms. The van der Waals surface area contributed by atoms with E-state index in [1.165, 1.54) is 43.5 Å². The Balaban J connectivity index is 1.79. The van der Waals surface area contributed by atoms with Gasteiger partial charge >= 0.3 is 16.3 Å². The van der Waals surface area contributed by atoms with Crippen molar-refractivity contribution in [3.8, 4) is 0 Å². The Hall–Kier alpha value is -4.73. The van der Waals surface area contributed by atoms with Crippen LogP contribution in [-0.2, 0) is 50.5 Å². The second-order valence-electron chi connectivity index (χ2n) is 8.79. The summed E-state index contributed by atoms with van der Waals surface area (Å²) in [6.07, 6.45) is 0. The summed E-state index contributed by atoms with van der Waals surface area (Å²) in [6.45, 7) is 2.23. The molecule has 19 nitrogen and oxygen atoms in total. The zero-order chi connectivity index (χ0) is 31.4. The third kappa shape index (κ3) is 7.12. The first-order valence-corrected chi connectivity index (χ1v) is 13.7. The molecule has 2 unspecified atom stereocenters. The Labute approximate surface area is 240 Å². The summed E-state index contributed by atoms with van der Waals surface area (Å²) in [5.41, 5.74) is 5.11. The minimum atomic E-state index is -5.18. The number of hydroxylamine groups is 1. The van der Waals surface area contributed by atoms with Crippen LogP contribution in [0.1, 0.15) is 25.1 Å². The zero-order valence-corrected chi connectivity index (χ0v) is 23.5. The second kappa shape index (κ2) is 12.4. The Kier molecular flexibility index (Phi) is 9.40. The smallest absolute Gasteiger partial charge is 0.363 e. The zero-order valence-electron chi connectivity index (χ0n) is 21.9. The Bertz CT molecular complexity index is 1540. The van der Waals surface area contributed by atoms with E-state index >= 15 is 0 Å². The number of amides is 3. The lowest BCUT2D eigenvalue weighted by Crippen LogP contribution is -2.76. The van der Waals surface area contributed by atoms with E-state index in [0.29, 0.717) is 5.56 Å². The standard InChI is InChI=1S/C21H23N7O12S2/c1-21(2,19(32)39-8-10-4-6-11(7-5-10)28(33)34)40-25-13(12-9-41-20(22)23-12)16(29)24-14-15(17(30)26-38-3)27(18(14)31)42(35,36)37/h4-7,9,14-15H,8H2,1-3H3,(H2,22,23)(H,24,29)(H,26,30)(H,35,36,37)/b25-13-. The van der Waals surface area contributed by atoms with E-state index in [4.69, 9.17) is 15.3 Å². The number of carbonyl (C=O) groups is 4. The number of non-ortho nitro benzene ring substituents is 1. The minimum Gasteiger partial charge on any atom is -0.458 e. The largest absolute Gasteiger partial charge is 0.458 e. The van der Waals surface area contributed by atoms with Gasteiger partial charge in [0.05, 0.1) is 12.0 Å². The van der Waals surface area contributed by atoms with Gasteiger partial charge in [0.25, 0.3) is 23.4 Å². The van der Waals surface area contributed by atoms with Gasteiger partial charge in [-0.05, 0) is 31.5 Å². The van der Waals surface area contributed by atoms with Crippen LogP contribution in [0.15, 0.2) is 34.8 Å². The van der Waals surface area contributed by atoms with E-state index in [1.54, 1.807) is 5.48 Å². The number of nitrogens with zero attached hydrogens (tertiary/aromatic N) is 4. The quantitative estimate of drug-likeness (QED) is 0.0550. The van der Waals surface area contributed by atoms with Crippen molar-refractivity contribution in [2.75, 3.05) is 12.8 Å². The molecule has 2 aromatic rings. The summed E-state index contributed by atoms with van der Waals surface area (Å²) in [4.78, 5) is 74.4. The van der Waals surface area contributed by atoms with E-state index in [1.807, 2.05) is 0 Å². The van der Waals surface area contributed by atoms with Crippen LogP contribution in [0.25, 0.3) is 0 Å². The average molecular weight is 630 g/mol. The number of ether oxygens (including phenoxy) is 1. The number of nitrogens with one attached hydrogen (secondary N) is 2. The molecule has 0 spiro atoms. The highest BCUT2D eigenvalue weighted by Crippen LogP contribution is 2.25. The summed E-state index contributed by atoms with van der Waals surface area (Å²) in [5, 5.41) is 17.9. The number of hydrogen-bond donors (Lipinski definition) is 4. The highest BCUT2D eigenvalue weighted by molar-refractivity contribution is 7.84. The van der Waals surface area contributed by atoms with E-state index < -0.39 is 62.3 Å². The molecule has 2 atom stereocenters. The number of carbonyl (C=O) groups excluding carboxylic acids is 4. The molecule has 0 bridgehead atoms. The number of nitrogen functional groups attached to an aromatic ring is 1. The Morgan fingerprint density at radius 2 is 1.93 bits per heavy atom. The van der Waals surface area contributed by atoms with E-state index in [0.717, 1.165) is 18.4 Å². The number of nitrogens with two attached hydrogens (primary N) is 1. The lowest BCUT2D eigenvalue weighted by Gasteiger charge is -2.42. The van der Waals surface area contributed by atoms with Crippen LogP contribution in [0.5, 0.6) is 0 Å². The fraction of sp³-hybridized carbons (Fsp3) is 0.333. The van der Waals surface area contributed by atoms with Crippen LogP contribution in [0.2, 0.25) is 0 Å². The molecule has 1 fully saturated rings. The van der Waals surface area contributed by atoms with Crippen molar-refractivity contribution in [2.24, 2.45) is 5.16 Å². The van der Waals surface area contributed by atoms with Gasteiger partial charge in [0, 0.05) is 17.5 Å². The fourth-order valence-corrected chi connectivity index (χ4v) is 4.72. The topological polar surface area (TPSA) is 272 Å². The molecule has 0 radical (unpaired) electrons. The van der Waals surface area contributed by atoms with Crippen LogP contribution < -0.4 is 16.5 Å². The number of hydrogen-bond acceptors (Lipinski definition) is 15. The third-order valence-electron chi connectivity index (χ3n) is 5.41. The first-order chi connectivity index (χ1) is 19.6. The Morgan fingerprint density at radius 3 is 2.45 bits per heavy atom. The molecule has 3 rings (SSSR count). The van der Waals surface area contributed by atoms with E-state index in [9.17, 15) is 42.3 Å². The number of nitro benzene ring substituents is 1. The van der Waals surface area contributed by atoms with Crippen molar-refractivity contribution in [1.29, 1.82) is 0 Å². The van der Waals surface area contributed by atoms with Crippen molar-refractivity contribution in [3.63, 3.8) is 0 Å². The highest BCUT2D eigenvalue weighted by Gasteiger charge is 2.58. The predicted molar refractivity (Wildman–Crippen MR) is 140 cm³/mol. The van der Waals surface area contributed by atoms with Crippen LogP contribution in [-0.4, -0.2) is 81.4 Å². The van der Waals surface area contributed by atoms with Gasteiger partial charge in [-0.25, -0.2) is 15.3 Å². The molecular weight excluding hydrogens is 606 g/mol. The number of anilines is 1. The molecule has 1 saturated heterocycles. The first-order valence-electron chi connectivity index (χ1n) is 11.4. The molecular formula is C21H23N7O12S2. The van der Waals surface area contributed by atoms with Crippen molar-refractivity contribution in [2.45, 2.75) is 38.1 Å². The molecule has 1 aromatic carbocycles. The number of nitro groups is 1. The van der Waals surface area contributed by atoms with Gasteiger partial charge < -0.3 is 20.6 Å². The van der Waals surface area contributed by atoms with Gasteiger partial charge in [-0.3, -0.25) is 33.9 Å². The second-order valence-corrected chi connectivity index (χ2v) is 11.0. The molecule has 0 saturated carbocycles. The van der Waals surface area contributed by atoms with Gasteiger partial charge in [-0.15, -0.1) is 11.3 Å². The number of benzene rings is 1.